The minimum Gasteiger partial charge on any atom is -0.392 e. The molecule has 0 unspecified atom stereocenters. The molecule has 1 atom stereocenters. The molecule has 4 nitrogen and oxygen atoms in total. The number of hydrogen-bond donors (Lipinski definition) is 1. The van der Waals surface area contributed by atoms with Gasteiger partial charge in [0.25, 0.3) is 0 Å². The van der Waals surface area contributed by atoms with Crippen molar-refractivity contribution in [1.82, 2.24) is 9.47 Å². The number of methoxy groups -OCH3 is 1. The number of halogens is 1. The van der Waals surface area contributed by atoms with E-state index in [1.165, 1.54) is 6.07 Å². The number of aliphatic hydroxyl groups is 1. The SMILES string of the molecule is C=CCC[C@H](O)CN(CCOC)Cc1cccn1Cc1cccc(F)c1. The first kappa shape index (κ1) is 20.4. The topological polar surface area (TPSA) is 37.6 Å². The number of aliphatic hydroxyl groups excluding tert-OH is 1. The highest BCUT2D eigenvalue weighted by atomic mass is 19.1. The summed E-state index contributed by atoms with van der Waals surface area (Å²) in [7, 11) is 1.68. The number of allylic oxidation sites excluding steroid dienone is 1. The van der Waals surface area contributed by atoms with Gasteiger partial charge in [-0.2, -0.15) is 0 Å². The van der Waals surface area contributed by atoms with Crippen LogP contribution in [0.2, 0.25) is 0 Å². The van der Waals surface area contributed by atoms with Crippen LogP contribution in [0.4, 0.5) is 4.39 Å². The summed E-state index contributed by atoms with van der Waals surface area (Å²) < 4.78 is 20.7. The highest BCUT2D eigenvalue weighted by molar-refractivity contribution is 5.18. The lowest BCUT2D eigenvalue weighted by atomic mass is 10.2. The van der Waals surface area contributed by atoms with Gasteiger partial charge in [-0.1, -0.05) is 18.2 Å². The minimum absolute atomic E-state index is 0.219. The molecule has 0 radical (unpaired) electrons. The van der Waals surface area contributed by atoms with E-state index in [0.29, 0.717) is 32.7 Å². The summed E-state index contributed by atoms with van der Waals surface area (Å²) in [6, 6.07) is 10.7. The van der Waals surface area contributed by atoms with Gasteiger partial charge in [0.15, 0.2) is 0 Å². The van der Waals surface area contributed by atoms with Gasteiger partial charge < -0.3 is 14.4 Å². The number of ether oxygens (including phenoxy) is 1. The highest BCUT2D eigenvalue weighted by Crippen LogP contribution is 2.13. The molecule has 0 saturated heterocycles. The van der Waals surface area contributed by atoms with E-state index in [0.717, 1.165) is 24.2 Å². The zero-order valence-corrected chi connectivity index (χ0v) is 15.5. The standard InChI is InChI=1S/C21H29FN2O2/c1-3-4-10-21(25)17-23(12-13-26-2)16-20-9-6-11-24(20)15-18-7-5-8-19(22)14-18/h3,5-9,11,14,21,25H,1,4,10,12-13,15-17H2,2H3/t21-/m0/s1. The molecule has 0 spiro atoms. The molecule has 142 valence electrons. The van der Waals surface area contributed by atoms with Crippen molar-refractivity contribution in [2.75, 3.05) is 26.8 Å². The second kappa shape index (κ2) is 10.9. The largest absolute Gasteiger partial charge is 0.392 e. The van der Waals surface area contributed by atoms with Crippen molar-refractivity contribution in [3.63, 3.8) is 0 Å². The van der Waals surface area contributed by atoms with Gasteiger partial charge in [0.1, 0.15) is 5.82 Å². The normalized spacial score (nSPS) is 12.5. The monoisotopic (exact) mass is 360 g/mol. The summed E-state index contributed by atoms with van der Waals surface area (Å²) in [6.45, 7) is 6.97. The molecule has 2 aromatic rings. The summed E-state index contributed by atoms with van der Waals surface area (Å²) in [5.41, 5.74) is 2.05. The number of nitrogens with zero attached hydrogens (tertiary/aromatic N) is 2. The van der Waals surface area contributed by atoms with Crippen LogP contribution in [-0.2, 0) is 17.8 Å². The lowest BCUT2D eigenvalue weighted by molar-refractivity contribution is 0.0797. The number of aromatic nitrogens is 1. The van der Waals surface area contributed by atoms with E-state index in [2.05, 4.69) is 22.1 Å². The lowest BCUT2D eigenvalue weighted by Gasteiger charge is -2.25. The molecule has 0 fully saturated rings. The van der Waals surface area contributed by atoms with Gasteiger partial charge in [0, 0.05) is 45.2 Å². The predicted octanol–water partition coefficient (Wildman–Crippen LogP) is 3.45. The van der Waals surface area contributed by atoms with Crippen molar-refractivity contribution in [2.24, 2.45) is 0 Å². The average Bonchev–Trinajstić information content (AvgIpc) is 3.04. The Hall–Kier alpha value is -1.95. The van der Waals surface area contributed by atoms with Crippen LogP contribution in [0.25, 0.3) is 0 Å². The van der Waals surface area contributed by atoms with Gasteiger partial charge in [-0.3, -0.25) is 4.90 Å². The maximum Gasteiger partial charge on any atom is 0.123 e. The fraction of sp³-hybridized carbons (Fsp3) is 0.429. The second-order valence-corrected chi connectivity index (χ2v) is 6.51. The van der Waals surface area contributed by atoms with Crippen molar-refractivity contribution in [2.45, 2.75) is 32.0 Å². The van der Waals surface area contributed by atoms with Crippen molar-refractivity contribution in [3.05, 3.63) is 72.3 Å². The molecule has 5 heteroatoms. The number of rotatable bonds is 12. The molecule has 1 heterocycles. The van der Waals surface area contributed by atoms with Gasteiger partial charge in [-0.15, -0.1) is 6.58 Å². The minimum atomic E-state index is -0.392. The first-order valence-electron chi connectivity index (χ1n) is 9.01. The Bertz CT molecular complexity index is 672. The number of benzene rings is 1. The zero-order valence-electron chi connectivity index (χ0n) is 15.5. The van der Waals surface area contributed by atoms with Crippen LogP contribution in [0.3, 0.4) is 0 Å². The molecule has 1 N–H and O–H groups in total. The smallest absolute Gasteiger partial charge is 0.123 e. The molecule has 26 heavy (non-hydrogen) atoms. The number of hydrogen-bond acceptors (Lipinski definition) is 3. The molecular formula is C21H29FN2O2. The zero-order chi connectivity index (χ0) is 18.8. The van der Waals surface area contributed by atoms with E-state index in [4.69, 9.17) is 4.74 Å². The lowest BCUT2D eigenvalue weighted by Crippen LogP contribution is -2.35. The van der Waals surface area contributed by atoms with Crippen molar-refractivity contribution in [3.8, 4) is 0 Å². The highest BCUT2D eigenvalue weighted by Gasteiger charge is 2.14. The van der Waals surface area contributed by atoms with Crippen LogP contribution in [0.5, 0.6) is 0 Å². The van der Waals surface area contributed by atoms with E-state index in [1.807, 2.05) is 24.4 Å². The van der Waals surface area contributed by atoms with E-state index in [9.17, 15) is 9.50 Å². The summed E-state index contributed by atoms with van der Waals surface area (Å²) in [4.78, 5) is 2.19. The third-order valence-corrected chi connectivity index (χ3v) is 4.34. The Morgan fingerprint density at radius 1 is 1.35 bits per heavy atom. The molecular weight excluding hydrogens is 331 g/mol. The molecule has 0 aliphatic heterocycles. The fourth-order valence-corrected chi connectivity index (χ4v) is 2.96. The first-order chi connectivity index (χ1) is 12.6. The average molecular weight is 360 g/mol. The van der Waals surface area contributed by atoms with Gasteiger partial charge in [0.05, 0.1) is 12.7 Å². The van der Waals surface area contributed by atoms with Gasteiger partial charge in [0.2, 0.25) is 0 Å². The van der Waals surface area contributed by atoms with E-state index < -0.39 is 6.10 Å². The van der Waals surface area contributed by atoms with Crippen LogP contribution in [-0.4, -0.2) is 47.5 Å². The fourth-order valence-electron chi connectivity index (χ4n) is 2.96. The molecule has 0 bridgehead atoms. The van der Waals surface area contributed by atoms with Crippen LogP contribution < -0.4 is 0 Å². The predicted molar refractivity (Wildman–Crippen MR) is 103 cm³/mol. The summed E-state index contributed by atoms with van der Waals surface area (Å²) in [5.74, 6) is -0.219. The molecule has 2 rings (SSSR count). The second-order valence-electron chi connectivity index (χ2n) is 6.51. The third kappa shape index (κ3) is 6.75. The Kier molecular flexibility index (Phi) is 8.54. The van der Waals surface area contributed by atoms with Gasteiger partial charge >= 0.3 is 0 Å². The van der Waals surface area contributed by atoms with Crippen LogP contribution in [0.1, 0.15) is 24.1 Å². The Labute approximate surface area is 155 Å². The van der Waals surface area contributed by atoms with Crippen molar-refractivity contribution < 1.29 is 14.2 Å². The first-order valence-corrected chi connectivity index (χ1v) is 9.01. The van der Waals surface area contributed by atoms with E-state index in [-0.39, 0.29) is 5.82 Å². The molecule has 1 aromatic heterocycles. The molecule has 0 aliphatic carbocycles. The third-order valence-electron chi connectivity index (χ3n) is 4.34. The van der Waals surface area contributed by atoms with Crippen molar-refractivity contribution in [1.29, 1.82) is 0 Å². The Balaban J connectivity index is 2.03. The molecule has 0 amide bonds. The summed E-state index contributed by atoms with van der Waals surface area (Å²) >= 11 is 0. The molecule has 0 saturated carbocycles. The Morgan fingerprint density at radius 3 is 2.92 bits per heavy atom. The van der Waals surface area contributed by atoms with Crippen molar-refractivity contribution >= 4 is 0 Å². The molecule has 0 aliphatic rings. The maximum absolute atomic E-state index is 13.4. The summed E-state index contributed by atoms with van der Waals surface area (Å²) in [6.07, 6.45) is 4.94. The van der Waals surface area contributed by atoms with Crippen LogP contribution in [0, 0.1) is 5.82 Å². The maximum atomic E-state index is 13.4. The van der Waals surface area contributed by atoms with Crippen LogP contribution >= 0.6 is 0 Å². The van der Waals surface area contributed by atoms with Gasteiger partial charge in [-0.25, -0.2) is 4.39 Å². The molecule has 1 aromatic carbocycles. The Morgan fingerprint density at radius 2 is 2.19 bits per heavy atom. The van der Waals surface area contributed by atoms with Crippen LogP contribution in [0.15, 0.2) is 55.3 Å². The van der Waals surface area contributed by atoms with E-state index >= 15 is 0 Å². The quantitative estimate of drug-likeness (QED) is 0.589. The van der Waals surface area contributed by atoms with Gasteiger partial charge in [-0.05, 0) is 42.7 Å². The van der Waals surface area contributed by atoms with E-state index in [1.54, 1.807) is 19.2 Å². The summed E-state index contributed by atoms with van der Waals surface area (Å²) in [5, 5.41) is 10.2.